The molecule has 4 aliphatic heterocycles. The van der Waals surface area contributed by atoms with Gasteiger partial charge in [0.1, 0.15) is 29.6 Å². The number of aromatic nitrogens is 2. The molecule has 5 heterocycles. The predicted octanol–water partition coefficient (Wildman–Crippen LogP) is 4.82. The van der Waals surface area contributed by atoms with Gasteiger partial charge in [0.2, 0.25) is 11.8 Å². The molecule has 2 bridgehead atoms. The minimum absolute atomic E-state index is 0.0702. The van der Waals surface area contributed by atoms with Crippen LogP contribution in [-0.4, -0.2) is 94.9 Å². The van der Waals surface area contributed by atoms with E-state index in [2.05, 4.69) is 50.2 Å². The quantitative estimate of drug-likeness (QED) is 0.0812. The number of imide groups is 1. The number of phenolic OH excluding ortho intramolecular Hbond substituents is 1. The zero-order valence-corrected chi connectivity index (χ0v) is 34.9. The molecule has 14 nitrogen and oxygen atoms in total. The molecule has 3 aromatic rings. The molecule has 3 atom stereocenters. The SMILES string of the molecule is CC.CCCCC=O.NC(N)=C(/C=C(\N)c1ccccc1O)n1cc(N2CC3COCC(C2)N3C2CCC(c3cccc4c3CCN4[C@H]3CCC(=O)NC3=O)CC2)cn1. The van der Waals surface area contributed by atoms with Crippen molar-refractivity contribution in [3.8, 4) is 5.75 Å². The molecule has 8 N–H and O–H groups in total. The number of piperazine rings is 1. The zero-order chi connectivity index (χ0) is 42.1. The molecule has 1 aliphatic carbocycles. The Kier molecular flexibility index (Phi) is 14.7. The molecular weight excluding hydrogens is 747 g/mol. The number of nitrogens with one attached hydrogen (secondary N) is 1. The number of morpholine rings is 1. The van der Waals surface area contributed by atoms with Crippen LogP contribution in [0.1, 0.15) is 101 Å². The fraction of sp³-hybridized carbons (Fsp3) is 0.511. The number of phenols is 1. The smallest absolute Gasteiger partial charge is 0.249 e. The number of unbranched alkanes of at least 4 members (excludes halogenated alkanes) is 2. The highest BCUT2D eigenvalue weighted by Crippen LogP contribution is 2.43. The second-order valence-corrected chi connectivity index (χ2v) is 15.9. The van der Waals surface area contributed by atoms with Gasteiger partial charge in [0.05, 0.1) is 43.4 Å². The van der Waals surface area contributed by atoms with Gasteiger partial charge in [-0.15, -0.1) is 0 Å². The third kappa shape index (κ3) is 9.76. The first-order chi connectivity index (χ1) is 28.7. The minimum atomic E-state index is -0.271. The molecule has 2 aromatic carbocycles. The van der Waals surface area contributed by atoms with Crippen molar-refractivity contribution >= 4 is 40.9 Å². The van der Waals surface area contributed by atoms with Crippen molar-refractivity contribution in [2.24, 2.45) is 17.2 Å². The van der Waals surface area contributed by atoms with Crippen LogP contribution in [0.15, 0.2) is 66.8 Å². The van der Waals surface area contributed by atoms with Crippen LogP contribution in [-0.2, 0) is 25.5 Å². The lowest BCUT2D eigenvalue weighted by Gasteiger charge is -2.54. The highest BCUT2D eigenvalue weighted by Gasteiger charge is 2.44. The summed E-state index contributed by atoms with van der Waals surface area (Å²) in [4.78, 5) is 41.4. The molecule has 8 rings (SSSR count). The number of rotatable bonds is 10. The maximum Gasteiger partial charge on any atom is 0.249 e. The second kappa shape index (κ2) is 20.1. The monoisotopic (exact) mass is 809 g/mol. The van der Waals surface area contributed by atoms with Gasteiger partial charge in [-0.2, -0.15) is 5.10 Å². The molecule has 0 radical (unpaired) electrons. The fourth-order valence-corrected chi connectivity index (χ4v) is 9.47. The third-order valence-corrected chi connectivity index (χ3v) is 12.2. The van der Waals surface area contributed by atoms with E-state index in [1.54, 1.807) is 35.0 Å². The van der Waals surface area contributed by atoms with Gasteiger partial charge >= 0.3 is 0 Å². The summed E-state index contributed by atoms with van der Waals surface area (Å²) in [5.74, 6) is 0.311. The van der Waals surface area contributed by atoms with E-state index in [0.717, 1.165) is 83.0 Å². The molecule has 14 heteroatoms. The largest absolute Gasteiger partial charge is 0.507 e. The number of nitrogens with two attached hydrogens (primary N) is 3. The summed E-state index contributed by atoms with van der Waals surface area (Å²) in [7, 11) is 0. The number of hydrogen-bond donors (Lipinski definition) is 5. The number of ether oxygens (including phenoxy) is 1. The third-order valence-electron chi connectivity index (χ3n) is 12.2. The van der Waals surface area contributed by atoms with Crippen LogP contribution in [0.4, 0.5) is 11.4 Å². The Morgan fingerprint density at radius 2 is 1.68 bits per heavy atom. The number of carbonyl (C=O) groups is 3. The van der Waals surface area contributed by atoms with E-state index in [9.17, 15) is 19.5 Å². The molecule has 0 spiro atoms. The number of nitrogens with zero attached hydrogens (tertiary/aromatic N) is 5. The number of benzene rings is 2. The van der Waals surface area contributed by atoms with Crippen molar-refractivity contribution in [3.05, 3.63) is 83.4 Å². The van der Waals surface area contributed by atoms with Crippen molar-refractivity contribution in [3.63, 3.8) is 0 Å². The molecule has 318 valence electrons. The summed E-state index contributed by atoms with van der Waals surface area (Å²) in [5.41, 5.74) is 24.7. The van der Waals surface area contributed by atoms with Gasteiger partial charge in [0, 0.05) is 55.5 Å². The van der Waals surface area contributed by atoms with Crippen LogP contribution in [0.3, 0.4) is 0 Å². The van der Waals surface area contributed by atoms with Gasteiger partial charge in [-0.05, 0) is 86.3 Å². The van der Waals surface area contributed by atoms with E-state index in [-0.39, 0.29) is 41.5 Å². The highest BCUT2D eigenvalue weighted by molar-refractivity contribution is 6.02. The van der Waals surface area contributed by atoms with Gasteiger partial charge in [0.15, 0.2) is 0 Å². The first kappa shape index (κ1) is 43.2. The van der Waals surface area contributed by atoms with Crippen molar-refractivity contribution in [2.75, 3.05) is 42.6 Å². The number of allylic oxidation sites excluding steroid dienone is 2. The van der Waals surface area contributed by atoms with Crippen LogP contribution >= 0.6 is 0 Å². The average Bonchev–Trinajstić information content (AvgIpc) is 3.91. The Labute approximate surface area is 348 Å². The Balaban J connectivity index is 0.000000673. The van der Waals surface area contributed by atoms with Crippen molar-refractivity contribution in [1.82, 2.24) is 20.0 Å². The molecule has 1 aromatic heterocycles. The fourth-order valence-electron chi connectivity index (χ4n) is 9.47. The molecule has 4 fully saturated rings. The van der Waals surface area contributed by atoms with Gasteiger partial charge in [-0.3, -0.25) is 19.8 Å². The molecule has 2 unspecified atom stereocenters. The first-order valence-corrected chi connectivity index (χ1v) is 21.5. The maximum atomic E-state index is 12.7. The van der Waals surface area contributed by atoms with Crippen molar-refractivity contribution < 1.29 is 24.2 Å². The van der Waals surface area contributed by atoms with Crippen LogP contribution in [0.25, 0.3) is 11.4 Å². The number of carbonyl (C=O) groups excluding carboxylic acids is 3. The molecule has 5 aliphatic rings. The Morgan fingerprint density at radius 1 is 0.949 bits per heavy atom. The number of para-hydroxylation sites is 1. The minimum Gasteiger partial charge on any atom is -0.507 e. The number of anilines is 2. The normalized spacial score (nSPS) is 24.2. The summed E-state index contributed by atoms with van der Waals surface area (Å²) in [6.45, 7) is 9.95. The predicted molar refractivity (Wildman–Crippen MR) is 232 cm³/mol. The highest BCUT2D eigenvalue weighted by atomic mass is 16.5. The van der Waals surface area contributed by atoms with Gasteiger partial charge in [-0.1, -0.05) is 51.5 Å². The van der Waals surface area contributed by atoms with E-state index < -0.39 is 0 Å². The van der Waals surface area contributed by atoms with E-state index >= 15 is 0 Å². The van der Waals surface area contributed by atoms with Crippen LogP contribution in [0.2, 0.25) is 0 Å². The molecule has 3 saturated heterocycles. The van der Waals surface area contributed by atoms with E-state index in [4.69, 9.17) is 21.9 Å². The lowest BCUT2D eigenvalue weighted by atomic mass is 9.78. The first-order valence-electron chi connectivity index (χ1n) is 21.5. The van der Waals surface area contributed by atoms with E-state index in [1.807, 2.05) is 26.2 Å². The Hall–Kier alpha value is -5.34. The number of fused-ring (bicyclic) bond motifs is 3. The van der Waals surface area contributed by atoms with E-state index in [1.165, 1.54) is 16.8 Å². The zero-order valence-electron chi connectivity index (χ0n) is 34.9. The number of aromatic hydroxyl groups is 1. The molecular formula is C45H63N9O5. The maximum absolute atomic E-state index is 12.7. The van der Waals surface area contributed by atoms with E-state index in [0.29, 0.717) is 55.0 Å². The van der Waals surface area contributed by atoms with Crippen molar-refractivity contribution in [2.45, 2.75) is 115 Å². The van der Waals surface area contributed by atoms with Crippen LogP contribution in [0.5, 0.6) is 5.75 Å². The summed E-state index contributed by atoms with van der Waals surface area (Å²) in [6, 6.07) is 14.2. The number of hydrogen-bond acceptors (Lipinski definition) is 12. The number of amides is 2. The molecule has 2 amide bonds. The average molecular weight is 810 g/mol. The topological polar surface area (TPSA) is 198 Å². The number of aldehydes is 1. The molecule has 59 heavy (non-hydrogen) atoms. The van der Waals surface area contributed by atoms with Gasteiger partial charge in [-0.25, -0.2) is 4.68 Å². The summed E-state index contributed by atoms with van der Waals surface area (Å²) in [5, 5.41) is 17.4. The summed E-state index contributed by atoms with van der Waals surface area (Å²) in [6.07, 6.45) is 15.7. The lowest BCUT2D eigenvalue weighted by Crippen LogP contribution is -2.67. The van der Waals surface area contributed by atoms with Gasteiger partial charge in [0.25, 0.3) is 0 Å². The van der Waals surface area contributed by atoms with Crippen LogP contribution < -0.4 is 32.3 Å². The molecule has 1 saturated carbocycles. The summed E-state index contributed by atoms with van der Waals surface area (Å²) >= 11 is 0. The van der Waals surface area contributed by atoms with Gasteiger partial charge < -0.3 is 41.6 Å². The number of piperidine rings is 1. The lowest BCUT2D eigenvalue weighted by molar-refractivity contribution is -0.134. The summed E-state index contributed by atoms with van der Waals surface area (Å²) < 4.78 is 7.74. The Morgan fingerprint density at radius 3 is 2.32 bits per heavy atom. The van der Waals surface area contributed by atoms with Crippen LogP contribution in [0, 0.1) is 0 Å². The second-order valence-electron chi connectivity index (χ2n) is 15.9. The standard InChI is InChI=1S/C38H47N9O4.C5H10O.C2H6/c39-31(30-4-1-2-7-35(30)48)16-34(37(40)41)46-20-25(17-42-46)44-18-26-21-51-22-27(19-44)47(26)24-10-8-23(9-11-24)28-5-3-6-32-29(28)14-15-45(32)33-12-13-36(49)43-38(33)50;1-2-3-4-5-6;1-2/h1-7,16-17,20,23-24,26-27,33,48H,8-15,18-19,21-22,39-41H2,(H,43,49,50);5H,2-4H2,1H3;1-2H3/b31-16-;;/t23?,24?,26?,27?,33-;;/m0../s1. The Bertz CT molecular complexity index is 1970. The van der Waals surface area contributed by atoms with Crippen molar-refractivity contribution in [1.29, 1.82) is 0 Å².